The van der Waals surface area contributed by atoms with E-state index in [0.29, 0.717) is 17.3 Å². The maximum Gasteiger partial charge on any atom is 0.238 e. The highest BCUT2D eigenvalue weighted by molar-refractivity contribution is 8.01. The molecule has 150 valence electrons. The van der Waals surface area contributed by atoms with Crippen LogP contribution in [0.3, 0.4) is 0 Å². The van der Waals surface area contributed by atoms with Gasteiger partial charge in [-0.3, -0.25) is 9.59 Å². The van der Waals surface area contributed by atoms with Crippen LogP contribution in [-0.4, -0.2) is 41.1 Å². The molecule has 1 fully saturated rings. The molecule has 3 rings (SSSR count). The lowest BCUT2D eigenvalue weighted by Crippen LogP contribution is -2.25. The number of amides is 2. The fraction of sp³-hybridized carbons (Fsp3) is 0.421. The number of hydrogen-bond acceptors (Lipinski definition) is 6. The summed E-state index contributed by atoms with van der Waals surface area (Å²) in [4.78, 5) is 26.4. The van der Waals surface area contributed by atoms with E-state index in [4.69, 9.17) is 4.52 Å². The quantitative estimate of drug-likeness (QED) is 0.733. The summed E-state index contributed by atoms with van der Waals surface area (Å²) in [6.45, 7) is 5.22. The normalized spacial score (nSPS) is 14.8. The highest BCUT2D eigenvalue weighted by Gasteiger charge is 2.18. The monoisotopic (exact) mass is 406 g/mol. The Labute approximate surface area is 167 Å². The van der Waals surface area contributed by atoms with Gasteiger partial charge in [0.2, 0.25) is 11.8 Å². The molecule has 0 bridgehead atoms. The third-order valence-electron chi connectivity index (χ3n) is 4.35. The summed E-state index contributed by atoms with van der Waals surface area (Å²) in [5.74, 6) is 0.0604. The molecule has 0 spiro atoms. The Hall–Kier alpha value is -2.55. The fourth-order valence-corrected chi connectivity index (χ4v) is 3.61. The van der Waals surface area contributed by atoms with Crippen LogP contribution in [0.15, 0.2) is 28.8 Å². The van der Waals surface area contributed by atoms with E-state index >= 15 is 0 Å². The van der Waals surface area contributed by atoms with Crippen LogP contribution in [0.2, 0.25) is 0 Å². The summed E-state index contributed by atoms with van der Waals surface area (Å²) >= 11 is 1.18. The fourth-order valence-electron chi connectivity index (χ4n) is 2.93. The predicted molar refractivity (Wildman–Crippen MR) is 108 cm³/mol. The maximum absolute atomic E-state index is 13.9. The zero-order valence-electron chi connectivity index (χ0n) is 15.8. The van der Waals surface area contributed by atoms with Crippen molar-refractivity contribution in [3.05, 3.63) is 35.8 Å². The van der Waals surface area contributed by atoms with E-state index in [1.165, 1.54) is 23.9 Å². The van der Waals surface area contributed by atoms with Gasteiger partial charge < -0.3 is 20.1 Å². The van der Waals surface area contributed by atoms with E-state index in [-0.39, 0.29) is 23.4 Å². The van der Waals surface area contributed by atoms with Crippen molar-refractivity contribution in [2.75, 3.05) is 34.4 Å². The van der Waals surface area contributed by atoms with Crippen molar-refractivity contribution in [1.29, 1.82) is 0 Å². The Morgan fingerprint density at radius 3 is 2.68 bits per heavy atom. The minimum atomic E-state index is -0.463. The molecule has 1 aliphatic rings. The maximum atomic E-state index is 13.9. The number of benzene rings is 1. The van der Waals surface area contributed by atoms with Gasteiger partial charge in [0.25, 0.3) is 0 Å². The van der Waals surface area contributed by atoms with Gasteiger partial charge in [-0.2, -0.15) is 0 Å². The van der Waals surface area contributed by atoms with Crippen LogP contribution in [0, 0.1) is 12.7 Å². The lowest BCUT2D eigenvalue weighted by Gasteiger charge is -2.19. The van der Waals surface area contributed by atoms with Crippen LogP contribution in [0.5, 0.6) is 0 Å². The predicted octanol–water partition coefficient (Wildman–Crippen LogP) is 3.42. The second kappa shape index (κ2) is 9.09. The number of anilines is 3. The van der Waals surface area contributed by atoms with Crippen molar-refractivity contribution >= 4 is 40.8 Å². The lowest BCUT2D eigenvalue weighted by atomic mass is 10.2. The molecule has 1 aromatic carbocycles. The van der Waals surface area contributed by atoms with Gasteiger partial charge in [-0.05, 0) is 44.9 Å². The summed E-state index contributed by atoms with van der Waals surface area (Å²) in [5.41, 5.74) is 1.19. The minimum absolute atomic E-state index is 0.0714. The van der Waals surface area contributed by atoms with Crippen LogP contribution < -0.4 is 15.5 Å². The average Bonchev–Trinajstić information content (AvgIpc) is 3.31. The van der Waals surface area contributed by atoms with E-state index < -0.39 is 5.25 Å². The molecule has 0 radical (unpaired) electrons. The molecule has 2 heterocycles. The molecule has 1 aliphatic heterocycles. The summed E-state index contributed by atoms with van der Waals surface area (Å²) < 4.78 is 18.8. The molecule has 0 saturated carbocycles. The number of aromatic nitrogens is 1. The third kappa shape index (κ3) is 5.48. The first-order valence-corrected chi connectivity index (χ1v) is 10.2. The lowest BCUT2D eigenvalue weighted by molar-refractivity contribution is -0.115. The van der Waals surface area contributed by atoms with Gasteiger partial charge in [0.05, 0.1) is 11.0 Å². The molecule has 9 heteroatoms. The second-order valence-electron chi connectivity index (χ2n) is 6.71. The first kappa shape index (κ1) is 20.2. The largest absolute Gasteiger partial charge is 0.371 e. The zero-order valence-corrected chi connectivity index (χ0v) is 16.6. The van der Waals surface area contributed by atoms with E-state index in [9.17, 15) is 14.0 Å². The summed E-state index contributed by atoms with van der Waals surface area (Å²) in [6.07, 6.45) is 2.17. The summed E-state index contributed by atoms with van der Waals surface area (Å²) in [5, 5.41) is 8.58. The van der Waals surface area contributed by atoms with E-state index in [1.807, 2.05) is 0 Å². The molecule has 7 nitrogen and oxygen atoms in total. The first-order valence-electron chi connectivity index (χ1n) is 9.12. The van der Waals surface area contributed by atoms with E-state index in [0.717, 1.165) is 31.6 Å². The standard InChI is InChI=1S/C19H23FN4O3S/c1-12-7-17(23-27-12)22-19(26)13(2)28-11-18(25)21-15-8-14(20)9-16(10-15)24-5-3-4-6-24/h7-10,13H,3-6,11H2,1-2H3,(H,21,25)(H,22,23,26). The Kier molecular flexibility index (Phi) is 6.56. The van der Waals surface area contributed by atoms with E-state index in [1.54, 1.807) is 26.0 Å². The topological polar surface area (TPSA) is 87.5 Å². The molecule has 1 aromatic heterocycles. The number of carbonyl (C=O) groups is 2. The van der Waals surface area contributed by atoms with Crippen LogP contribution >= 0.6 is 11.8 Å². The molecule has 0 aliphatic carbocycles. The highest BCUT2D eigenvalue weighted by Crippen LogP contribution is 2.25. The number of thioether (sulfide) groups is 1. The second-order valence-corrected chi connectivity index (χ2v) is 8.03. The van der Waals surface area contributed by atoms with Crippen molar-refractivity contribution in [2.24, 2.45) is 0 Å². The molecular weight excluding hydrogens is 383 g/mol. The van der Waals surface area contributed by atoms with Gasteiger partial charge in [-0.1, -0.05) is 5.16 Å². The molecule has 2 amide bonds. The number of nitrogens with one attached hydrogen (secondary N) is 2. The highest BCUT2D eigenvalue weighted by atomic mass is 32.2. The molecule has 2 N–H and O–H groups in total. The molecule has 1 atom stereocenters. The molecular formula is C19H23FN4O3S. The molecule has 2 aromatic rings. The zero-order chi connectivity index (χ0) is 20.1. The van der Waals surface area contributed by atoms with Crippen molar-refractivity contribution in [3.63, 3.8) is 0 Å². The third-order valence-corrected chi connectivity index (χ3v) is 5.49. The Balaban J connectivity index is 1.50. The van der Waals surface area contributed by atoms with Crippen molar-refractivity contribution in [2.45, 2.75) is 31.9 Å². The van der Waals surface area contributed by atoms with Crippen LogP contribution in [-0.2, 0) is 9.59 Å². The van der Waals surface area contributed by atoms with Crippen molar-refractivity contribution in [3.8, 4) is 0 Å². The van der Waals surface area contributed by atoms with Crippen LogP contribution in [0.1, 0.15) is 25.5 Å². The summed E-state index contributed by atoms with van der Waals surface area (Å²) in [6, 6.07) is 6.17. The summed E-state index contributed by atoms with van der Waals surface area (Å²) in [7, 11) is 0. The van der Waals surface area contributed by atoms with Gasteiger partial charge in [-0.15, -0.1) is 11.8 Å². The number of carbonyl (C=O) groups excluding carboxylic acids is 2. The SMILES string of the molecule is Cc1cc(NC(=O)C(C)SCC(=O)Nc2cc(F)cc(N3CCCC3)c2)no1. The molecule has 1 unspecified atom stereocenters. The number of rotatable bonds is 7. The average molecular weight is 406 g/mol. The number of hydrogen-bond donors (Lipinski definition) is 2. The van der Waals surface area contributed by atoms with Gasteiger partial charge in [0.15, 0.2) is 5.82 Å². The van der Waals surface area contributed by atoms with Gasteiger partial charge in [-0.25, -0.2) is 4.39 Å². The van der Waals surface area contributed by atoms with Crippen molar-refractivity contribution in [1.82, 2.24) is 5.16 Å². The van der Waals surface area contributed by atoms with Crippen LogP contribution in [0.25, 0.3) is 0 Å². The van der Waals surface area contributed by atoms with Crippen LogP contribution in [0.4, 0.5) is 21.6 Å². The van der Waals surface area contributed by atoms with Gasteiger partial charge >= 0.3 is 0 Å². The Morgan fingerprint density at radius 2 is 2.00 bits per heavy atom. The number of aryl methyl sites for hydroxylation is 1. The van der Waals surface area contributed by atoms with Gasteiger partial charge in [0.1, 0.15) is 11.6 Å². The van der Waals surface area contributed by atoms with E-state index in [2.05, 4.69) is 20.7 Å². The van der Waals surface area contributed by atoms with Crippen molar-refractivity contribution < 1.29 is 18.5 Å². The number of nitrogens with zero attached hydrogens (tertiary/aromatic N) is 2. The van der Waals surface area contributed by atoms with Gasteiger partial charge in [0, 0.05) is 30.5 Å². The molecule has 1 saturated heterocycles. The minimum Gasteiger partial charge on any atom is -0.371 e. The Bertz CT molecular complexity index is 851. The Morgan fingerprint density at radius 1 is 1.25 bits per heavy atom. The molecule has 28 heavy (non-hydrogen) atoms. The smallest absolute Gasteiger partial charge is 0.238 e. The first-order chi connectivity index (χ1) is 13.4. The number of halogens is 1.